The average molecular weight is 408 g/mol. The number of amides is 3. The van der Waals surface area contributed by atoms with Gasteiger partial charge in [0, 0.05) is 17.2 Å². The Labute approximate surface area is 165 Å². The third kappa shape index (κ3) is 3.45. The molecule has 1 aromatic carbocycles. The van der Waals surface area contributed by atoms with Crippen LogP contribution in [0.1, 0.15) is 19.8 Å². The van der Waals surface area contributed by atoms with Crippen molar-refractivity contribution in [1.82, 2.24) is 4.90 Å². The highest BCUT2D eigenvalue weighted by Gasteiger charge is 2.51. The van der Waals surface area contributed by atoms with Crippen molar-refractivity contribution in [1.29, 1.82) is 0 Å². The molecular weight excluding hydrogens is 390 g/mol. The molecule has 28 heavy (non-hydrogen) atoms. The minimum absolute atomic E-state index is 0.0785. The monoisotopic (exact) mass is 407 g/mol. The molecule has 9 nitrogen and oxygen atoms in total. The zero-order valence-electron chi connectivity index (χ0n) is 15.2. The largest absolute Gasteiger partial charge is 0.495 e. The molecule has 1 aliphatic carbocycles. The summed E-state index contributed by atoms with van der Waals surface area (Å²) in [4.78, 5) is 49.4. The lowest BCUT2D eigenvalue weighted by Crippen LogP contribution is -2.46. The highest BCUT2D eigenvalue weighted by atomic mass is 35.5. The molecule has 3 amide bonds. The number of benzene rings is 1. The van der Waals surface area contributed by atoms with Gasteiger partial charge >= 0.3 is 0 Å². The molecule has 1 fully saturated rings. The van der Waals surface area contributed by atoms with Crippen LogP contribution in [0.4, 0.5) is 11.4 Å². The minimum atomic E-state index is -1.09. The number of hydrogen-bond acceptors (Lipinski definition) is 6. The Morgan fingerprint density at radius 3 is 2.68 bits per heavy atom. The fraction of sp³-hybridized carbons (Fsp3) is 0.389. The molecule has 0 aromatic heterocycles. The van der Waals surface area contributed by atoms with Gasteiger partial charge in [0.25, 0.3) is 5.69 Å². The summed E-state index contributed by atoms with van der Waals surface area (Å²) in [5, 5.41) is 14.0. The predicted octanol–water partition coefficient (Wildman–Crippen LogP) is 2.45. The van der Waals surface area contributed by atoms with Gasteiger partial charge in [0.2, 0.25) is 17.7 Å². The van der Waals surface area contributed by atoms with Crippen molar-refractivity contribution < 1.29 is 24.0 Å². The molecule has 1 aromatic rings. The number of rotatable bonds is 5. The number of allylic oxidation sites excluding steroid dienone is 2. The third-order valence-electron chi connectivity index (χ3n) is 5.02. The fourth-order valence-electron chi connectivity index (χ4n) is 3.50. The molecule has 0 bridgehead atoms. The van der Waals surface area contributed by atoms with E-state index in [1.54, 1.807) is 6.08 Å². The second kappa shape index (κ2) is 7.59. The number of likely N-dealkylation sites (tertiary alicyclic amines) is 1. The number of carbonyl (C=O) groups excluding carboxylic acids is 3. The second-order valence-corrected chi connectivity index (χ2v) is 7.14. The van der Waals surface area contributed by atoms with Gasteiger partial charge in [0.05, 0.1) is 29.6 Å². The van der Waals surface area contributed by atoms with E-state index < -0.39 is 40.5 Å². The zero-order chi connectivity index (χ0) is 20.6. The molecular formula is C18H18ClN3O6. The van der Waals surface area contributed by atoms with Crippen LogP contribution in [0.5, 0.6) is 5.75 Å². The maximum atomic E-state index is 12.7. The summed E-state index contributed by atoms with van der Waals surface area (Å²) < 4.78 is 5.11. The summed E-state index contributed by atoms with van der Waals surface area (Å²) >= 11 is 6.00. The van der Waals surface area contributed by atoms with Crippen molar-refractivity contribution in [3.05, 3.63) is 39.4 Å². The maximum absolute atomic E-state index is 12.7. The van der Waals surface area contributed by atoms with Crippen LogP contribution in [0.2, 0.25) is 0 Å². The molecule has 148 valence electrons. The summed E-state index contributed by atoms with van der Waals surface area (Å²) in [7, 11) is 1.36. The van der Waals surface area contributed by atoms with Crippen molar-refractivity contribution in [2.24, 2.45) is 11.8 Å². The number of non-ortho nitro benzene ring substituents is 1. The second-order valence-electron chi connectivity index (χ2n) is 6.66. The molecule has 0 spiro atoms. The molecule has 0 radical (unpaired) electrons. The van der Waals surface area contributed by atoms with Gasteiger partial charge < -0.3 is 10.1 Å². The van der Waals surface area contributed by atoms with Crippen LogP contribution in [0.3, 0.4) is 0 Å². The Hall–Kier alpha value is -2.94. The number of nitrogens with zero attached hydrogens (tertiary/aromatic N) is 2. The number of anilines is 1. The molecule has 3 atom stereocenters. The van der Waals surface area contributed by atoms with Crippen LogP contribution >= 0.6 is 11.6 Å². The van der Waals surface area contributed by atoms with Gasteiger partial charge in [0.15, 0.2) is 0 Å². The van der Waals surface area contributed by atoms with E-state index in [4.69, 9.17) is 16.3 Å². The van der Waals surface area contributed by atoms with E-state index in [0.717, 1.165) is 11.0 Å². The summed E-state index contributed by atoms with van der Waals surface area (Å²) in [5.74, 6) is -2.36. The van der Waals surface area contributed by atoms with Crippen molar-refractivity contribution in [3.8, 4) is 5.75 Å². The van der Waals surface area contributed by atoms with Gasteiger partial charge in [-0.05, 0) is 25.8 Å². The van der Waals surface area contributed by atoms with Crippen LogP contribution in [0.25, 0.3) is 0 Å². The first-order valence-corrected chi connectivity index (χ1v) is 8.97. The average Bonchev–Trinajstić information content (AvgIpc) is 2.90. The molecule has 1 saturated heterocycles. The van der Waals surface area contributed by atoms with Crippen LogP contribution in [-0.4, -0.2) is 40.7 Å². The lowest BCUT2D eigenvalue weighted by atomic mass is 9.85. The number of ether oxygens (including phenoxy) is 1. The minimum Gasteiger partial charge on any atom is -0.495 e. The molecule has 1 heterocycles. The first-order valence-electron chi connectivity index (χ1n) is 8.59. The Kier molecular flexibility index (Phi) is 5.37. The normalized spacial score (nSPS) is 22.4. The van der Waals surface area contributed by atoms with Gasteiger partial charge in [-0.25, -0.2) is 0 Å². The quantitative estimate of drug-likeness (QED) is 0.455. The smallest absolute Gasteiger partial charge is 0.271 e. The van der Waals surface area contributed by atoms with Crippen molar-refractivity contribution in [2.45, 2.75) is 25.8 Å². The topological polar surface area (TPSA) is 119 Å². The van der Waals surface area contributed by atoms with Crippen LogP contribution in [-0.2, 0) is 14.4 Å². The Bertz CT molecular complexity index is 899. The van der Waals surface area contributed by atoms with E-state index in [0.29, 0.717) is 11.5 Å². The van der Waals surface area contributed by atoms with E-state index in [1.807, 2.05) is 0 Å². The number of fused-ring (bicyclic) bond motifs is 1. The standard InChI is InChI=1S/C18H18ClN3O6/c1-9(21-17(24)12-5-3-10(19)7-13(12)18(21)25)16(23)20-14-8-11(22(26)27)4-6-15(14)28-2/h3-4,6,8-9,12-13H,5,7H2,1-2H3,(H,20,23)/t9-,12+,13+/m1/s1. The highest BCUT2D eigenvalue weighted by molar-refractivity contribution is 6.30. The van der Waals surface area contributed by atoms with Crippen molar-refractivity contribution in [3.63, 3.8) is 0 Å². The molecule has 3 rings (SSSR count). The SMILES string of the molecule is COc1ccc([N+](=O)[O-])cc1NC(=O)[C@@H](C)N1C(=O)[C@H]2CC=C(Cl)C[C@@H]2C1=O. The Morgan fingerprint density at radius 1 is 1.36 bits per heavy atom. The van der Waals surface area contributed by atoms with Gasteiger partial charge in [-0.15, -0.1) is 0 Å². The van der Waals surface area contributed by atoms with E-state index in [9.17, 15) is 24.5 Å². The fourth-order valence-corrected chi connectivity index (χ4v) is 3.75. The Morgan fingerprint density at radius 2 is 2.04 bits per heavy atom. The van der Waals surface area contributed by atoms with Crippen LogP contribution < -0.4 is 10.1 Å². The van der Waals surface area contributed by atoms with Crippen molar-refractivity contribution >= 4 is 40.7 Å². The number of nitrogens with one attached hydrogen (secondary N) is 1. The summed E-state index contributed by atoms with van der Waals surface area (Å²) in [6, 6.07) is 2.66. The number of hydrogen-bond donors (Lipinski definition) is 1. The number of nitro benzene ring substituents is 1. The molecule has 0 saturated carbocycles. The summed E-state index contributed by atoms with van der Waals surface area (Å²) in [6.07, 6.45) is 2.36. The van der Waals surface area contributed by atoms with Gasteiger partial charge in [-0.1, -0.05) is 17.7 Å². The number of methoxy groups -OCH3 is 1. The third-order valence-corrected chi connectivity index (χ3v) is 5.33. The van der Waals surface area contributed by atoms with E-state index in [2.05, 4.69) is 5.32 Å². The molecule has 2 aliphatic rings. The molecule has 1 N–H and O–H groups in total. The predicted molar refractivity (Wildman–Crippen MR) is 99.7 cm³/mol. The Balaban J connectivity index is 1.80. The number of halogens is 1. The number of carbonyl (C=O) groups is 3. The van der Waals surface area contributed by atoms with Crippen LogP contribution in [0, 0.1) is 22.0 Å². The first kappa shape index (κ1) is 19.8. The summed E-state index contributed by atoms with van der Waals surface area (Å²) in [6.45, 7) is 1.43. The molecule has 10 heteroatoms. The first-order chi connectivity index (χ1) is 13.2. The lowest BCUT2D eigenvalue weighted by Gasteiger charge is -2.22. The maximum Gasteiger partial charge on any atom is 0.271 e. The number of imide groups is 1. The van der Waals surface area contributed by atoms with E-state index >= 15 is 0 Å². The van der Waals surface area contributed by atoms with Crippen LogP contribution in [0.15, 0.2) is 29.3 Å². The summed E-state index contributed by atoms with van der Waals surface area (Å²) in [5.41, 5.74) is -0.154. The lowest BCUT2D eigenvalue weighted by molar-refractivity contribution is -0.384. The highest BCUT2D eigenvalue weighted by Crippen LogP contribution is 2.40. The van der Waals surface area contributed by atoms with Crippen molar-refractivity contribution in [2.75, 3.05) is 12.4 Å². The molecule has 1 aliphatic heterocycles. The van der Waals surface area contributed by atoms with Gasteiger partial charge in [0.1, 0.15) is 11.8 Å². The van der Waals surface area contributed by atoms with Gasteiger partial charge in [-0.3, -0.25) is 29.4 Å². The van der Waals surface area contributed by atoms with Gasteiger partial charge in [-0.2, -0.15) is 0 Å². The van der Waals surface area contributed by atoms with E-state index in [1.165, 1.54) is 26.2 Å². The van der Waals surface area contributed by atoms with E-state index in [-0.39, 0.29) is 23.5 Å². The number of nitro groups is 1. The zero-order valence-corrected chi connectivity index (χ0v) is 15.9. The molecule has 0 unspecified atom stereocenters.